The maximum absolute atomic E-state index is 11.8. The highest BCUT2D eigenvalue weighted by atomic mass is 32.1. The Balaban J connectivity index is 1.87. The molecule has 0 aliphatic rings. The highest BCUT2D eigenvalue weighted by molar-refractivity contribution is 7.80. The van der Waals surface area contributed by atoms with Gasteiger partial charge >= 0.3 is 5.97 Å². The molecule has 122 valence electrons. The first-order valence-corrected chi connectivity index (χ1v) is 8.67. The van der Waals surface area contributed by atoms with Crippen LogP contribution in [0.5, 0.6) is 0 Å². The molecule has 0 spiro atoms. The Kier molecular flexibility index (Phi) is 6.08. The second kappa shape index (κ2) is 8.04. The number of hydrogen-bond acceptors (Lipinski definition) is 6. The van der Waals surface area contributed by atoms with Gasteiger partial charge in [-0.2, -0.15) is 0 Å². The fourth-order valence-corrected chi connectivity index (χ4v) is 3.57. The minimum Gasteiger partial charge on any atom is -0.465 e. The number of thiocarbonyl (C=S) groups is 1. The molecular weight excluding hydrogens is 354 g/mol. The van der Waals surface area contributed by atoms with Crippen molar-refractivity contribution in [2.45, 2.75) is 13.3 Å². The maximum atomic E-state index is 11.8. The third-order valence-electron chi connectivity index (χ3n) is 2.72. The van der Waals surface area contributed by atoms with Gasteiger partial charge in [-0.15, -0.1) is 22.7 Å². The van der Waals surface area contributed by atoms with E-state index in [9.17, 15) is 9.59 Å². The number of anilines is 1. The summed E-state index contributed by atoms with van der Waals surface area (Å²) < 4.78 is 4.72. The Morgan fingerprint density at radius 2 is 2.13 bits per heavy atom. The Bertz CT molecular complexity index is 710. The molecule has 0 aromatic carbocycles. The van der Waals surface area contributed by atoms with E-state index in [0.29, 0.717) is 10.6 Å². The average Bonchev–Trinajstić information content (AvgIpc) is 3.14. The number of carbonyl (C=O) groups is 2. The molecule has 0 fully saturated rings. The summed E-state index contributed by atoms with van der Waals surface area (Å²) in [6, 6.07) is 5.50. The lowest BCUT2D eigenvalue weighted by atomic mass is 10.3. The lowest BCUT2D eigenvalue weighted by molar-refractivity contribution is -0.120. The smallest absolute Gasteiger partial charge is 0.340 e. The van der Waals surface area contributed by atoms with Crippen LogP contribution in [0, 0.1) is 6.92 Å². The van der Waals surface area contributed by atoms with Crippen LogP contribution in [0.15, 0.2) is 23.6 Å². The number of esters is 1. The van der Waals surface area contributed by atoms with Crippen molar-refractivity contribution < 1.29 is 14.3 Å². The van der Waals surface area contributed by atoms with Crippen molar-refractivity contribution in [3.05, 3.63) is 38.9 Å². The van der Waals surface area contributed by atoms with Gasteiger partial charge in [-0.25, -0.2) is 4.79 Å². The van der Waals surface area contributed by atoms with Crippen LogP contribution >= 0.6 is 34.9 Å². The summed E-state index contributed by atoms with van der Waals surface area (Å²) in [4.78, 5) is 25.4. The summed E-state index contributed by atoms with van der Waals surface area (Å²) >= 11 is 8.00. The molecule has 2 aromatic rings. The van der Waals surface area contributed by atoms with E-state index in [1.807, 2.05) is 24.4 Å². The van der Waals surface area contributed by atoms with Crippen LogP contribution in [0.2, 0.25) is 0 Å². The summed E-state index contributed by atoms with van der Waals surface area (Å²) in [7, 11) is 1.32. The standard InChI is InChI=1S/C14H15N3O3S3/c1-8-6-10(13(19)20-2)12(23-8)15-14(21)17-16-11(18)7-9-4-3-5-22-9/h3-6H,7H2,1-2H3,(H,16,18)(H2,15,17,21). The lowest BCUT2D eigenvalue weighted by Crippen LogP contribution is -2.44. The molecule has 0 atom stereocenters. The first-order valence-electron chi connectivity index (χ1n) is 6.56. The molecule has 2 aromatic heterocycles. The van der Waals surface area contributed by atoms with Gasteiger partial charge in [-0.05, 0) is 36.7 Å². The zero-order valence-corrected chi connectivity index (χ0v) is 14.9. The predicted molar refractivity (Wildman–Crippen MR) is 95.9 cm³/mol. The van der Waals surface area contributed by atoms with E-state index in [1.165, 1.54) is 29.8 Å². The number of hydrazine groups is 1. The molecule has 0 saturated heterocycles. The van der Waals surface area contributed by atoms with Crippen LogP contribution in [0.25, 0.3) is 0 Å². The molecule has 1 amide bonds. The van der Waals surface area contributed by atoms with Crippen LogP contribution in [0.3, 0.4) is 0 Å². The van der Waals surface area contributed by atoms with Gasteiger partial charge in [0.05, 0.1) is 19.1 Å². The molecule has 3 N–H and O–H groups in total. The van der Waals surface area contributed by atoms with Gasteiger partial charge < -0.3 is 10.1 Å². The van der Waals surface area contributed by atoms with Crippen molar-refractivity contribution in [3.8, 4) is 0 Å². The SMILES string of the molecule is COC(=O)c1cc(C)sc1NC(=S)NNC(=O)Cc1cccs1. The fourth-order valence-electron chi connectivity index (χ4n) is 1.75. The third kappa shape index (κ3) is 5.02. The van der Waals surface area contributed by atoms with Gasteiger partial charge in [-0.1, -0.05) is 6.07 Å². The lowest BCUT2D eigenvalue weighted by Gasteiger charge is -2.11. The fraction of sp³-hybridized carbons (Fsp3) is 0.214. The average molecular weight is 369 g/mol. The summed E-state index contributed by atoms with van der Waals surface area (Å²) in [5, 5.41) is 5.56. The second-order valence-electron chi connectivity index (χ2n) is 4.47. The molecule has 9 heteroatoms. The van der Waals surface area contributed by atoms with Crippen LogP contribution in [-0.2, 0) is 16.0 Å². The largest absolute Gasteiger partial charge is 0.465 e. The Labute approximate surface area is 146 Å². The van der Waals surface area contributed by atoms with E-state index in [0.717, 1.165) is 9.75 Å². The van der Waals surface area contributed by atoms with Gasteiger partial charge in [0.2, 0.25) is 5.91 Å². The molecule has 2 heterocycles. The quantitative estimate of drug-likeness (QED) is 0.436. The molecule has 0 aliphatic heterocycles. The van der Waals surface area contributed by atoms with Crippen molar-refractivity contribution in [2.24, 2.45) is 0 Å². The van der Waals surface area contributed by atoms with E-state index in [4.69, 9.17) is 17.0 Å². The molecule has 0 radical (unpaired) electrons. The number of amides is 1. The minimum atomic E-state index is -0.443. The Hall–Kier alpha value is -1.97. The van der Waals surface area contributed by atoms with Crippen LogP contribution in [-0.4, -0.2) is 24.1 Å². The van der Waals surface area contributed by atoms with Gasteiger partial charge in [0.25, 0.3) is 0 Å². The first-order chi connectivity index (χ1) is 11.0. The minimum absolute atomic E-state index is 0.191. The second-order valence-corrected chi connectivity index (χ2v) is 7.17. The molecule has 23 heavy (non-hydrogen) atoms. The summed E-state index contributed by atoms with van der Waals surface area (Å²) in [5.41, 5.74) is 5.54. The van der Waals surface area contributed by atoms with Gasteiger partial charge in [-0.3, -0.25) is 15.6 Å². The molecule has 0 saturated carbocycles. The number of aryl methyl sites for hydroxylation is 1. The molecule has 0 unspecified atom stereocenters. The Morgan fingerprint density at radius 3 is 2.78 bits per heavy atom. The maximum Gasteiger partial charge on any atom is 0.340 e. The van der Waals surface area contributed by atoms with Gasteiger partial charge in [0, 0.05) is 9.75 Å². The van der Waals surface area contributed by atoms with E-state index in [1.54, 1.807) is 6.07 Å². The predicted octanol–water partition coefficient (Wildman–Crippen LogP) is 2.46. The summed E-state index contributed by atoms with van der Waals surface area (Å²) in [5.74, 6) is -0.645. The number of thiophene rings is 2. The van der Waals surface area contributed by atoms with Crippen molar-refractivity contribution in [3.63, 3.8) is 0 Å². The highest BCUT2D eigenvalue weighted by Crippen LogP contribution is 2.28. The molecule has 0 aliphatic carbocycles. The van der Waals surface area contributed by atoms with E-state index >= 15 is 0 Å². The van der Waals surface area contributed by atoms with Crippen LogP contribution in [0.1, 0.15) is 20.1 Å². The van der Waals surface area contributed by atoms with Crippen LogP contribution in [0.4, 0.5) is 5.00 Å². The topological polar surface area (TPSA) is 79.5 Å². The third-order valence-corrected chi connectivity index (χ3v) is 4.76. The van der Waals surface area contributed by atoms with E-state index < -0.39 is 5.97 Å². The Morgan fingerprint density at radius 1 is 1.35 bits per heavy atom. The van der Waals surface area contributed by atoms with Crippen molar-refractivity contribution in [2.75, 3.05) is 12.4 Å². The number of ether oxygens (including phenoxy) is 1. The highest BCUT2D eigenvalue weighted by Gasteiger charge is 2.16. The first kappa shape index (κ1) is 17.4. The van der Waals surface area contributed by atoms with Crippen molar-refractivity contribution >= 4 is 56.9 Å². The zero-order chi connectivity index (χ0) is 16.8. The number of rotatable bonds is 4. The summed E-state index contributed by atoms with van der Waals surface area (Å²) in [6.45, 7) is 1.88. The van der Waals surface area contributed by atoms with E-state index in [2.05, 4.69) is 16.2 Å². The summed E-state index contributed by atoms with van der Waals surface area (Å²) in [6.07, 6.45) is 0.277. The van der Waals surface area contributed by atoms with Crippen LogP contribution < -0.4 is 16.2 Å². The molecule has 6 nitrogen and oxygen atoms in total. The van der Waals surface area contributed by atoms with Crippen molar-refractivity contribution in [1.82, 2.24) is 10.9 Å². The number of nitrogens with one attached hydrogen (secondary N) is 3. The molecule has 0 bridgehead atoms. The van der Waals surface area contributed by atoms with Gasteiger partial charge in [0.15, 0.2) is 5.11 Å². The number of methoxy groups -OCH3 is 1. The molecule has 2 rings (SSSR count). The van der Waals surface area contributed by atoms with Gasteiger partial charge in [0.1, 0.15) is 5.00 Å². The number of hydrogen-bond donors (Lipinski definition) is 3. The zero-order valence-electron chi connectivity index (χ0n) is 12.5. The normalized spacial score (nSPS) is 10.0. The van der Waals surface area contributed by atoms with Crippen molar-refractivity contribution in [1.29, 1.82) is 0 Å². The molecular formula is C14H15N3O3S3. The monoisotopic (exact) mass is 369 g/mol. The number of carbonyl (C=O) groups excluding carboxylic acids is 2. The van der Waals surface area contributed by atoms with E-state index in [-0.39, 0.29) is 17.4 Å².